The molecular formula is C15H20FNO2. The molecule has 1 amide bonds. The van der Waals surface area contributed by atoms with Crippen LogP contribution in [0.2, 0.25) is 0 Å². The van der Waals surface area contributed by atoms with Gasteiger partial charge in [0.15, 0.2) is 0 Å². The summed E-state index contributed by atoms with van der Waals surface area (Å²) in [4.78, 5) is 11.8. The van der Waals surface area contributed by atoms with Crippen LogP contribution >= 0.6 is 0 Å². The predicted octanol–water partition coefficient (Wildman–Crippen LogP) is 3.60. The van der Waals surface area contributed by atoms with Crippen LogP contribution in [-0.4, -0.2) is 17.2 Å². The highest BCUT2D eigenvalue weighted by Crippen LogP contribution is 2.51. The van der Waals surface area contributed by atoms with Gasteiger partial charge in [0.05, 0.1) is 0 Å². The summed E-state index contributed by atoms with van der Waals surface area (Å²) in [5.41, 5.74) is 0.251. The van der Waals surface area contributed by atoms with Crippen molar-refractivity contribution in [2.75, 3.05) is 0 Å². The van der Waals surface area contributed by atoms with Crippen molar-refractivity contribution >= 4 is 6.09 Å². The van der Waals surface area contributed by atoms with Gasteiger partial charge in [-0.25, -0.2) is 9.18 Å². The number of alkyl carbamates (subject to hydrolysis) is 1. The van der Waals surface area contributed by atoms with Crippen molar-refractivity contribution in [1.82, 2.24) is 5.32 Å². The zero-order valence-corrected chi connectivity index (χ0v) is 11.8. The maximum Gasteiger partial charge on any atom is 0.408 e. The topological polar surface area (TPSA) is 38.3 Å². The molecule has 19 heavy (non-hydrogen) atoms. The standard InChI is InChI=1S/C15H20FNO2/c1-14(2,3)19-13(18)17-15(4)9-12(15)10-5-7-11(16)8-6-10/h5-8,12H,9H2,1-4H3,(H,17,18)/t12?,15-/m1/s1. The van der Waals surface area contributed by atoms with Gasteiger partial charge >= 0.3 is 6.09 Å². The van der Waals surface area contributed by atoms with E-state index in [1.54, 1.807) is 12.1 Å². The van der Waals surface area contributed by atoms with E-state index in [9.17, 15) is 9.18 Å². The first-order valence-electron chi connectivity index (χ1n) is 6.46. The van der Waals surface area contributed by atoms with Crippen molar-refractivity contribution in [3.63, 3.8) is 0 Å². The maximum absolute atomic E-state index is 12.9. The number of carbonyl (C=O) groups excluding carboxylic acids is 1. The predicted molar refractivity (Wildman–Crippen MR) is 71.5 cm³/mol. The van der Waals surface area contributed by atoms with E-state index in [-0.39, 0.29) is 17.3 Å². The fourth-order valence-corrected chi connectivity index (χ4v) is 2.22. The van der Waals surface area contributed by atoms with Gasteiger partial charge in [-0.3, -0.25) is 0 Å². The summed E-state index contributed by atoms with van der Waals surface area (Å²) in [6, 6.07) is 6.42. The molecule has 1 N–H and O–H groups in total. The van der Waals surface area contributed by atoms with E-state index in [1.165, 1.54) is 12.1 Å². The van der Waals surface area contributed by atoms with Crippen molar-refractivity contribution in [3.05, 3.63) is 35.6 Å². The molecular weight excluding hydrogens is 245 g/mol. The lowest BCUT2D eigenvalue weighted by Gasteiger charge is -2.22. The van der Waals surface area contributed by atoms with Crippen LogP contribution in [0.1, 0.15) is 45.6 Å². The molecule has 2 rings (SSSR count). The van der Waals surface area contributed by atoms with Gasteiger partial charge in [0, 0.05) is 11.5 Å². The average molecular weight is 265 g/mol. The molecule has 0 saturated heterocycles. The van der Waals surface area contributed by atoms with Gasteiger partial charge in [-0.15, -0.1) is 0 Å². The van der Waals surface area contributed by atoms with E-state index in [4.69, 9.17) is 4.74 Å². The lowest BCUT2D eigenvalue weighted by Crippen LogP contribution is -2.39. The highest BCUT2D eigenvalue weighted by molar-refractivity contribution is 5.70. The Morgan fingerprint density at radius 1 is 1.37 bits per heavy atom. The minimum atomic E-state index is -0.499. The molecule has 0 bridgehead atoms. The van der Waals surface area contributed by atoms with Crippen LogP contribution in [0.4, 0.5) is 9.18 Å². The molecule has 2 atom stereocenters. The summed E-state index contributed by atoms with van der Waals surface area (Å²) in [5.74, 6) is -0.0215. The summed E-state index contributed by atoms with van der Waals surface area (Å²) in [6.07, 6.45) is 0.442. The zero-order valence-electron chi connectivity index (χ0n) is 11.8. The quantitative estimate of drug-likeness (QED) is 0.887. The number of rotatable bonds is 2. The molecule has 3 nitrogen and oxygen atoms in total. The Morgan fingerprint density at radius 3 is 2.47 bits per heavy atom. The summed E-state index contributed by atoms with van der Waals surface area (Å²) >= 11 is 0. The first kappa shape index (κ1) is 13.8. The zero-order chi connectivity index (χ0) is 14.3. The third-order valence-electron chi connectivity index (χ3n) is 3.30. The highest BCUT2D eigenvalue weighted by Gasteiger charge is 2.52. The van der Waals surface area contributed by atoms with Crippen molar-refractivity contribution in [1.29, 1.82) is 0 Å². The highest BCUT2D eigenvalue weighted by atomic mass is 19.1. The van der Waals surface area contributed by atoms with E-state index in [0.717, 1.165) is 12.0 Å². The molecule has 1 unspecified atom stereocenters. The maximum atomic E-state index is 12.9. The molecule has 1 aliphatic rings. The van der Waals surface area contributed by atoms with E-state index in [0.29, 0.717) is 0 Å². The van der Waals surface area contributed by atoms with E-state index < -0.39 is 11.7 Å². The number of halogens is 1. The van der Waals surface area contributed by atoms with Crippen molar-refractivity contribution in [2.45, 2.75) is 51.2 Å². The molecule has 1 aromatic rings. The van der Waals surface area contributed by atoms with Gasteiger partial charge < -0.3 is 10.1 Å². The van der Waals surface area contributed by atoms with Crippen LogP contribution < -0.4 is 5.32 Å². The second-order valence-electron chi connectivity index (χ2n) is 6.35. The molecule has 0 aliphatic heterocycles. The van der Waals surface area contributed by atoms with Crippen molar-refractivity contribution in [2.24, 2.45) is 0 Å². The minimum Gasteiger partial charge on any atom is -0.444 e. The molecule has 0 heterocycles. The van der Waals surface area contributed by atoms with Crippen LogP contribution in [0.15, 0.2) is 24.3 Å². The largest absolute Gasteiger partial charge is 0.444 e. The van der Waals surface area contributed by atoms with Crippen LogP contribution in [0.3, 0.4) is 0 Å². The number of hydrogen-bond donors (Lipinski definition) is 1. The molecule has 0 aromatic heterocycles. The molecule has 4 heteroatoms. The Bertz CT molecular complexity index is 478. The number of carbonyl (C=O) groups is 1. The summed E-state index contributed by atoms with van der Waals surface area (Å²) < 4.78 is 18.1. The van der Waals surface area contributed by atoms with Crippen molar-refractivity contribution < 1.29 is 13.9 Å². The SMILES string of the molecule is CC(C)(C)OC(=O)N[C@]1(C)CC1c1ccc(F)cc1. The number of nitrogens with one attached hydrogen (secondary N) is 1. The number of hydrogen-bond acceptors (Lipinski definition) is 2. The van der Waals surface area contributed by atoms with Gasteiger partial charge in [0.2, 0.25) is 0 Å². The van der Waals surface area contributed by atoms with Gasteiger partial charge in [0.25, 0.3) is 0 Å². The van der Waals surface area contributed by atoms with Crippen molar-refractivity contribution in [3.8, 4) is 0 Å². The third kappa shape index (κ3) is 3.46. The molecule has 1 aromatic carbocycles. The normalized spacial score (nSPS) is 25.8. The van der Waals surface area contributed by atoms with E-state index in [1.807, 2.05) is 27.7 Å². The van der Waals surface area contributed by atoms with Crippen LogP contribution in [-0.2, 0) is 4.74 Å². The molecule has 0 spiro atoms. The summed E-state index contributed by atoms with van der Waals surface area (Å²) in [5, 5.41) is 2.90. The first-order valence-corrected chi connectivity index (χ1v) is 6.46. The Morgan fingerprint density at radius 2 is 1.95 bits per heavy atom. The van der Waals surface area contributed by atoms with Crippen LogP contribution in [0.5, 0.6) is 0 Å². The van der Waals surface area contributed by atoms with E-state index >= 15 is 0 Å². The molecule has 1 saturated carbocycles. The van der Waals surface area contributed by atoms with Gasteiger partial charge in [0.1, 0.15) is 11.4 Å². The lowest BCUT2D eigenvalue weighted by molar-refractivity contribution is 0.0500. The molecule has 0 radical (unpaired) electrons. The second-order valence-corrected chi connectivity index (χ2v) is 6.35. The minimum absolute atomic E-state index is 0.223. The monoisotopic (exact) mass is 265 g/mol. The van der Waals surface area contributed by atoms with Crippen LogP contribution in [0, 0.1) is 5.82 Å². The molecule has 1 aliphatic carbocycles. The van der Waals surface area contributed by atoms with Gasteiger partial charge in [-0.2, -0.15) is 0 Å². The Kier molecular flexibility index (Phi) is 3.29. The fourth-order valence-electron chi connectivity index (χ4n) is 2.22. The second kappa shape index (κ2) is 4.51. The molecule has 104 valence electrons. The molecule has 1 fully saturated rings. The lowest BCUT2D eigenvalue weighted by atomic mass is 10.1. The van der Waals surface area contributed by atoms with E-state index in [2.05, 4.69) is 5.32 Å². The number of amides is 1. The van der Waals surface area contributed by atoms with Crippen LogP contribution in [0.25, 0.3) is 0 Å². The Labute approximate surface area is 113 Å². The number of ether oxygens (including phenoxy) is 1. The van der Waals surface area contributed by atoms with Gasteiger partial charge in [-0.1, -0.05) is 12.1 Å². The smallest absolute Gasteiger partial charge is 0.408 e. The number of benzene rings is 1. The Balaban J connectivity index is 1.96. The third-order valence-corrected chi connectivity index (χ3v) is 3.30. The first-order chi connectivity index (χ1) is 8.70. The van der Waals surface area contributed by atoms with Gasteiger partial charge in [-0.05, 0) is 51.8 Å². The fraction of sp³-hybridized carbons (Fsp3) is 0.533. The Hall–Kier alpha value is -1.58. The summed E-state index contributed by atoms with van der Waals surface area (Å²) in [6.45, 7) is 7.47. The average Bonchev–Trinajstić information content (AvgIpc) is 2.87. The summed E-state index contributed by atoms with van der Waals surface area (Å²) in [7, 11) is 0.